The summed E-state index contributed by atoms with van der Waals surface area (Å²) in [5, 5.41) is 10.1. The van der Waals surface area contributed by atoms with Crippen molar-refractivity contribution < 1.29 is 19.2 Å². The smallest absolute Gasteiger partial charge is 0.268 e. The summed E-state index contributed by atoms with van der Waals surface area (Å²) >= 11 is 1.28. The van der Waals surface area contributed by atoms with Gasteiger partial charge in [0.15, 0.2) is 5.01 Å². The fourth-order valence-corrected chi connectivity index (χ4v) is 7.25. The first-order valence-electron chi connectivity index (χ1n) is 14.7. The first-order chi connectivity index (χ1) is 20.4. The molecule has 1 saturated heterocycles. The van der Waals surface area contributed by atoms with Crippen LogP contribution in [0.5, 0.6) is 0 Å². The second kappa shape index (κ2) is 12.1. The van der Waals surface area contributed by atoms with Crippen LogP contribution in [0.4, 0.5) is 0 Å². The van der Waals surface area contributed by atoms with Gasteiger partial charge in [0.2, 0.25) is 17.6 Å². The molecule has 3 atom stereocenters. The Morgan fingerprint density at radius 2 is 1.83 bits per heavy atom. The van der Waals surface area contributed by atoms with Gasteiger partial charge in [0.05, 0.1) is 16.3 Å². The van der Waals surface area contributed by atoms with E-state index in [-0.39, 0.29) is 35.9 Å². The van der Waals surface area contributed by atoms with Gasteiger partial charge < -0.3 is 20.9 Å². The lowest BCUT2D eigenvalue weighted by Crippen LogP contribution is -2.55. The summed E-state index contributed by atoms with van der Waals surface area (Å²) in [6.45, 7) is 2.54. The van der Waals surface area contributed by atoms with Crippen LogP contribution in [0.15, 0.2) is 48.5 Å². The molecule has 218 valence electrons. The number of nitrogens with zero attached hydrogens (tertiary/aromatic N) is 1. The number of ketones is 1. The Labute approximate surface area is 247 Å². The number of aryl methyl sites for hydroxylation is 1. The number of nitrogens with one attached hydrogen (secondary N) is 4. The number of aromatic nitrogens is 2. The highest BCUT2D eigenvalue weighted by Gasteiger charge is 2.37. The van der Waals surface area contributed by atoms with E-state index in [0.29, 0.717) is 23.7 Å². The predicted octanol–water partition coefficient (Wildman–Crippen LogP) is 4.66. The molecule has 1 saturated carbocycles. The number of H-pyrrole nitrogens is 1. The third-order valence-electron chi connectivity index (χ3n) is 8.64. The van der Waals surface area contributed by atoms with Crippen molar-refractivity contribution in [1.82, 2.24) is 25.9 Å². The molecule has 6 rings (SSSR count). The molecule has 3 amide bonds. The molecule has 3 heterocycles. The van der Waals surface area contributed by atoms with Crippen molar-refractivity contribution in [3.8, 4) is 0 Å². The molecule has 1 aliphatic heterocycles. The highest BCUT2D eigenvalue weighted by molar-refractivity contribution is 7.20. The molecule has 1 aliphatic carbocycles. The number of Topliss-reactive ketones (excluding diaryl/α,β-unsaturated/α-hetero) is 1. The van der Waals surface area contributed by atoms with Gasteiger partial charge in [-0.15, -0.1) is 11.3 Å². The van der Waals surface area contributed by atoms with Crippen molar-refractivity contribution in [1.29, 1.82) is 0 Å². The number of rotatable bonds is 9. The van der Waals surface area contributed by atoms with E-state index < -0.39 is 18.0 Å². The summed E-state index contributed by atoms with van der Waals surface area (Å²) < 4.78 is 0.880. The Bertz CT molecular complexity index is 1620. The normalized spacial score (nSPS) is 19.0. The summed E-state index contributed by atoms with van der Waals surface area (Å²) in [5.41, 5.74) is 3.01. The highest BCUT2D eigenvalue weighted by Crippen LogP contribution is 2.29. The van der Waals surface area contributed by atoms with E-state index in [0.717, 1.165) is 58.8 Å². The minimum atomic E-state index is -0.939. The standard InChI is InChI=1S/C32H35N5O4S/c1-18-8-7-12-22-21(18)17-25(34-22)30(40)37-27(19-9-3-2-4-10-19)31(41)35-24(16-20-14-15-33-29(20)39)28(38)32-36-23-11-5-6-13-26(23)42-32/h5-8,11-13,17,19-20,24,27,34H,2-4,9-10,14-16H2,1H3,(H,33,39)(H,35,41)(H,37,40)/t20-,24-,27-/m0/s1. The fraction of sp³-hybridized carbons (Fsp3) is 0.406. The third kappa shape index (κ3) is 5.81. The first kappa shape index (κ1) is 28.1. The minimum absolute atomic E-state index is 0.0539. The van der Waals surface area contributed by atoms with Crippen LogP contribution in [0.3, 0.4) is 0 Å². The van der Waals surface area contributed by atoms with Crippen molar-refractivity contribution >= 4 is 56.0 Å². The van der Waals surface area contributed by atoms with Gasteiger partial charge in [-0.3, -0.25) is 19.2 Å². The average molecular weight is 586 g/mol. The molecule has 0 radical (unpaired) electrons. The lowest BCUT2D eigenvalue weighted by Gasteiger charge is -2.31. The van der Waals surface area contributed by atoms with E-state index >= 15 is 0 Å². The van der Waals surface area contributed by atoms with Crippen molar-refractivity contribution in [2.24, 2.45) is 11.8 Å². The average Bonchev–Trinajstić information content (AvgIpc) is 3.74. The van der Waals surface area contributed by atoms with Gasteiger partial charge in [-0.2, -0.15) is 0 Å². The SMILES string of the molecule is Cc1cccc2[nH]c(C(=O)N[C@H](C(=O)N[C@@H](C[C@@H]3CCNC3=O)C(=O)c3nc4ccccc4s3)C3CCCCC3)cc12. The molecule has 4 N–H and O–H groups in total. The number of amides is 3. The lowest BCUT2D eigenvalue weighted by molar-refractivity contribution is -0.126. The quantitative estimate of drug-likeness (QED) is 0.212. The molecule has 0 spiro atoms. The molecule has 0 bridgehead atoms. The zero-order valence-corrected chi connectivity index (χ0v) is 24.4. The second-order valence-corrected chi connectivity index (χ2v) is 12.5. The van der Waals surface area contributed by atoms with Crippen LogP contribution in [-0.4, -0.2) is 52.1 Å². The number of fused-ring (bicyclic) bond motifs is 2. The molecule has 9 nitrogen and oxygen atoms in total. The maximum atomic E-state index is 14.0. The molecule has 4 aromatic rings. The van der Waals surface area contributed by atoms with Crippen molar-refractivity contribution in [3.63, 3.8) is 0 Å². The van der Waals surface area contributed by atoms with Crippen LogP contribution in [0, 0.1) is 18.8 Å². The van der Waals surface area contributed by atoms with Gasteiger partial charge in [-0.05, 0) is 68.4 Å². The van der Waals surface area contributed by atoms with E-state index in [4.69, 9.17) is 0 Å². The predicted molar refractivity (Wildman–Crippen MR) is 162 cm³/mol. The topological polar surface area (TPSA) is 133 Å². The largest absolute Gasteiger partial charge is 0.356 e. The van der Waals surface area contributed by atoms with E-state index in [2.05, 4.69) is 25.9 Å². The Hall–Kier alpha value is -4.05. The third-order valence-corrected chi connectivity index (χ3v) is 9.69. The number of hydrogen-bond acceptors (Lipinski definition) is 6. The Balaban J connectivity index is 1.26. The van der Waals surface area contributed by atoms with Gasteiger partial charge in [-0.25, -0.2) is 4.98 Å². The number of carbonyl (C=O) groups is 4. The van der Waals surface area contributed by atoms with Gasteiger partial charge in [-0.1, -0.05) is 43.5 Å². The van der Waals surface area contributed by atoms with Crippen LogP contribution < -0.4 is 16.0 Å². The van der Waals surface area contributed by atoms with Gasteiger partial charge >= 0.3 is 0 Å². The molecule has 10 heteroatoms. The van der Waals surface area contributed by atoms with Crippen LogP contribution in [0.25, 0.3) is 21.1 Å². The molecule has 2 aromatic heterocycles. The van der Waals surface area contributed by atoms with Gasteiger partial charge in [0.25, 0.3) is 5.91 Å². The number of thiazole rings is 1. The summed E-state index contributed by atoms with van der Waals surface area (Å²) in [6, 6.07) is 13.4. The number of hydrogen-bond donors (Lipinski definition) is 4. The van der Waals surface area contributed by atoms with E-state index in [1.54, 1.807) is 0 Å². The maximum absolute atomic E-state index is 14.0. The molecule has 2 aromatic carbocycles. The van der Waals surface area contributed by atoms with Crippen LogP contribution in [0.2, 0.25) is 0 Å². The molecule has 42 heavy (non-hydrogen) atoms. The van der Waals surface area contributed by atoms with Crippen LogP contribution >= 0.6 is 11.3 Å². The number of aromatic amines is 1. The molecular formula is C32H35N5O4S. The van der Waals surface area contributed by atoms with Crippen molar-refractivity contribution in [2.75, 3.05) is 6.54 Å². The Morgan fingerprint density at radius 3 is 2.57 bits per heavy atom. The summed E-state index contributed by atoms with van der Waals surface area (Å²) in [6.07, 6.45) is 5.45. The molecular weight excluding hydrogens is 550 g/mol. The maximum Gasteiger partial charge on any atom is 0.268 e. The Morgan fingerprint density at radius 1 is 1.02 bits per heavy atom. The van der Waals surface area contributed by atoms with E-state index in [9.17, 15) is 19.2 Å². The molecule has 2 fully saturated rings. The van der Waals surface area contributed by atoms with Crippen LogP contribution in [0.1, 0.15) is 70.8 Å². The number of carbonyl (C=O) groups excluding carboxylic acids is 4. The van der Waals surface area contributed by atoms with Crippen molar-refractivity contribution in [3.05, 3.63) is 64.8 Å². The van der Waals surface area contributed by atoms with Crippen molar-refractivity contribution in [2.45, 2.75) is 64.0 Å². The van der Waals surface area contributed by atoms with E-state index in [1.165, 1.54) is 11.3 Å². The summed E-state index contributed by atoms with van der Waals surface area (Å²) in [4.78, 5) is 61.5. The fourth-order valence-electron chi connectivity index (χ4n) is 6.29. The zero-order valence-electron chi connectivity index (χ0n) is 23.6. The molecule has 0 unspecified atom stereocenters. The molecule has 2 aliphatic rings. The van der Waals surface area contributed by atoms with Crippen LogP contribution in [-0.2, 0) is 9.59 Å². The summed E-state index contributed by atoms with van der Waals surface area (Å²) in [5.74, 6) is -1.63. The minimum Gasteiger partial charge on any atom is -0.356 e. The summed E-state index contributed by atoms with van der Waals surface area (Å²) in [7, 11) is 0. The van der Waals surface area contributed by atoms with E-state index in [1.807, 2.05) is 55.5 Å². The second-order valence-electron chi connectivity index (χ2n) is 11.5. The van der Waals surface area contributed by atoms with Gasteiger partial charge in [0, 0.05) is 23.4 Å². The number of para-hydroxylation sites is 1. The lowest BCUT2D eigenvalue weighted by atomic mass is 9.83. The number of benzene rings is 2. The first-order valence-corrected chi connectivity index (χ1v) is 15.6. The monoisotopic (exact) mass is 585 g/mol. The van der Waals surface area contributed by atoms with Gasteiger partial charge in [0.1, 0.15) is 11.7 Å². The Kier molecular flexibility index (Phi) is 8.06. The zero-order chi connectivity index (χ0) is 29.2. The highest BCUT2D eigenvalue weighted by atomic mass is 32.1.